The zero-order valence-corrected chi connectivity index (χ0v) is 15.7. The molecular formula is C20H21N5O2. The van der Waals surface area contributed by atoms with Crippen molar-refractivity contribution in [3.05, 3.63) is 63.8 Å². The fourth-order valence-electron chi connectivity index (χ4n) is 3.25. The average Bonchev–Trinajstić information content (AvgIpc) is 3.18. The number of aryl methyl sites for hydroxylation is 1. The number of hydrogen-bond acceptors (Lipinski definition) is 3. The summed E-state index contributed by atoms with van der Waals surface area (Å²) < 4.78 is 1.28. The van der Waals surface area contributed by atoms with Gasteiger partial charge in [-0.25, -0.2) is 9.50 Å². The molecule has 1 amide bonds. The molecule has 27 heavy (non-hydrogen) atoms. The van der Waals surface area contributed by atoms with E-state index in [2.05, 4.69) is 47.2 Å². The van der Waals surface area contributed by atoms with Gasteiger partial charge in [-0.2, -0.15) is 0 Å². The van der Waals surface area contributed by atoms with Gasteiger partial charge in [0.05, 0.1) is 0 Å². The number of carbonyl (C=O) groups is 1. The standard InChI is InChI=1S/C20H21N5O2/c1-11-7-17-22-10-13(19(27)25(17)24-11)18(26)23-16-9-15-12(5-6-21-15)8-14(16)20(2,3)4/h5-10,21,24H,1-4H3,(H,23,26). The number of nitrogens with one attached hydrogen (secondary N) is 3. The average molecular weight is 363 g/mol. The quantitative estimate of drug-likeness (QED) is 0.509. The Bertz CT molecular complexity index is 1240. The van der Waals surface area contributed by atoms with E-state index in [9.17, 15) is 9.59 Å². The van der Waals surface area contributed by atoms with Gasteiger partial charge in [-0.3, -0.25) is 14.7 Å². The second kappa shape index (κ2) is 5.84. The monoisotopic (exact) mass is 363 g/mol. The lowest BCUT2D eigenvalue weighted by Crippen LogP contribution is -2.28. The summed E-state index contributed by atoms with van der Waals surface area (Å²) in [4.78, 5) is 32.9. The summed E-state index contributed by atoms with van der Waals surface area (Å²) in [5.41, 5.74) is 3.25. The third-order valence-corrected chi connectivity index (χ3v) is 4.61. The first-order valence-corrected chi connectivity index (χ1v) is 8.74. The number of nitrogens with zero attached hydrogens (tertiary/aromatic N) is 2. The maximum absolute atomic E-state index is 12.9. The first kappa shape index (κ1) is 17.1. The van der Waals surface area contributed by atoms with Gasteiger partial charge in [0.2, 0.25) is 0 Å². The molecule has 7 heteroatoms. The van der Waals surface area contributed by atoms with Crippen LogP contribution in [-0.4, -0.2) is 25.5 Å². The zero-order chi connectivity index (χ0) is 19.3. The second-order valence-corrected chi connectivity index (χ2v) is 7.78. The number of H-pyrrole nitrogens is 2. The summed E-state index contributed by atoms with van der Waals surface area (Å²) in [5, 5.41) is 6.87. The van der Waals surface area contributed by atoms with Crippen LogP contribution in [0.1, 0.15) is 42.4 Å². The van der Waals surface area contributed by atoms with E-state index in [4.69, 9.17) is 0 Å². The van der Waals surface area contributed by atoms with Crippen molar-refractivity contribution in [3.63, 3.8) is 0 Å². The van der Waals surface area contributed by atoms with Crippen LogP contribution in [0.25, 0.3) is 16.6 Å². The summed E-state index contributed by atoms with van der Waals surface area (Å²) in [6, 6.07) is 7.70. The van der Waals surface area contributed by atoms with Gasteiger partial charge in [-0.15, -0.1) is 0 Å². The van der Waals surface area contributed by atoms with Crippen LogP contribution in [0, 0.1) is 6.92 Å². The number of carbonyl (C=O) groups excluding carboxylic acids is 1. The highest BCUT2D eigenvalue weighted by molar-refractivity contribution is 6.05. The highest BCUT2D eigenvalue weighted by atomic mass is 16.2. The molecule has 0 spiro atoms. The summed E-state index contributed by atoms with van der Waals surface area (Å²) in [7, 11) is 0. The van der Waals surface area contributed by atoms with Crippen LogP contribution in [0.4, 0.5) is 5.69 Å². The predicted octanol–water partition coefficient (Wildman–Crippen LogP) is 3.36. The molecule has 0 aliphatic rings. The van der Waals surface area contributed by atoms with Gasteiger partial charge in [0, 0.05) is 35.4 Å². The van der Waals surface area contributed by atoms with Gasteiger partial charge >= 0.3 is 0 Å². The predicted molar refractivity (Wildman–Crippen MR) is 106 cm³/mol. The lowest BCUT2D eigenvalue weighted by atomic mass is 9.85. The highest BCUT2D eigenvalue weighted by Crippen LogP contribution is 2.33. The van der Waals surface area contributed by atoms with E-state index in [1.165, 1.54) is 10.7 Å². The minimum Gasteiger partial charge on any atom is -0.361 e. The number of amides is 1. The molecule has 3 N–H and O–H groups in total. The number of aromatic nitrogens is 4. The largest absolute Gasteiger partial charge is 0.361 e. The third-order valence-electron chi connectivity index (χ3n) is 4.61. The van der Waals surface area contributed by atoms with Crippen LogP contribution in [-0.2, 0) is 5.41 Å². The molecule has 0 bridgehead atoms. The molecule has 0 unspecified atom stereocenters. The molecule has 1 aromatic carbocycles. The van der Waals surface area contributed by atoms with Crippen molar-refractivity contribution in [2.45, 2.75) is 33.1 Å². The van der Waals surface area contributed by atoms with E-state index in [-0.39, 0.29) is 11.0 Å². The molecular weight excluding hydrogens is 342 g/mol. The minimum absolute atomic E-state index is 0.0132. The van der Waals surface area contributed by atoms with Crippen molar-refractivity contribution in [3.8, 4) is 0 Å². The van der Waals surface area contributed by atoms with Gasteiger partial charge < -0.3 is 10.3 Å². The lowest BCUT2D eigenvalue weighted by molar-refractivity contribution is 0.102. The topological polar surface area (TPSA) is 95.0 Å². The molecule has 7 nitrogen and oxygen atoms in total. The second-order valence-electron chi connectivity index (χ2n) is 7.78. The van der Waals surface area contributed by atoms with Crippen molar-refractivity contribution in [1.82, 2.24) is 19.6 Å². The Balaban J connectivity index is 1.79. The molecule has 0 radical (unpaired) electrons. The maximum Gasteiger partial charge on any atom is 0.285 e. The summed E-state index contributed by atoms with van der Waals surface area (Å²) in [5.74, 6) is -0.481. The Morgan fingerprint density at radius 1 is 1.22 bits per heavy atom. The number of benzene rings is 1. The van der Waals surface area contributed by atoms with Crippen molar-refractivity contribution >= 4 is 28.1 Å². The van der Waals surface area contributed by atoms with Gasteiger partial charge in [0.25, 0.3) is 11.5 Å². The Kier molecular flexibility index (Phi) is 3.69. The molecule has 138 valence electrons. The fraction of sp³-hybridized carbons (Fsp3) is 0.250. The first-order chi connectivity index (χ1) is 12.7. The number of fused-ring (bicyclic) bond motifs is 2. The van der Waals surface area contributed by atoms with E-state index < -0.39 is 11.5 Å². The molecule has 4 aromatic rings. The van der Waals surface area contributed by atoms with E-state index in [1.54, 1.807) is 6.07 Å². The molecule has 0 atom stereocenters. The normalized spacial score (nSPS) is 12.0. The zero-order valence-electron chi connectivity index (χ0n) is 15.7. The number of aromatic amines is 2. The Hall–Kier alpha value is -3.35. The fourth-order valence-corrected chi connectivity index (χ4v) is 3.25. The number of hydrogen-bond donors (Lipinski definition) is 3. The van der Waals surface area contributed by atoms with Gasteiger partial charge in [0.1, 0.15) is 5.56 Å². The minimum atomic E-state index is -0.481. The lowest BCUT2D eigenvalue weighted by Gasteiger charge is -2.23. The molecule has 0 fully saturated rings. The van der Waals surface area contributed by atoms with E-state index in [0.717, 1.165) is 22.2 Å². The Morgan fingerprint density at radius 2 is 2.00 bits per heavy atom. The third kappa shape index (κ3) is 2.91. The van der Waals surface area contributed by atoms with Crippen LogP contribution < -0.4 is 10.9 Å². The molecule has 0 saturated heterocycles. The van der Waals surface area contributed by atoms with Crippen LogP contribution >= 0.6 is 0 Å². The molecule has 0 saturated carbocycles. The van der Waals surface area contributed by atoms with E-state index in [0.29, 0.717) is 11.3 Å². The van der Waals surface area contributed by atoms with Crippen molar-refractivity contribution < 1.29 is 4.79 Å². The van der Waals surface area contributed by atoms with Crippen LogP contribution in [0.2, 0.25) is 0 Å². The molecule has 3 aromatic heterocycles. The Morgan fingerprint density at radius 3 is 2.74 bits per heavy atom. The highest BCUT2D eigenvalue weighted by Gasteiger charge is 2.22. The summed E-state index contributed by atoms with van der Waals surface area (Å²) >= 11 is 0. The summed E-state index contributed by atoms with van der Waals surface area (Å²) in [6.45, 7) is 8.08. The van der Waals surface area contributed by atoms with Gasteiger partial charge in [-0.05, 0) is 41.5 Å². The van der Waals surface area contributed by atoms with Crippen molar-refractivity contribution in [2.24, 2.45) is 0 Å². The van der Waals surface area contributed by atoms with Crippen molar-refractivity contribution in [1.29, 1.82) is 0 Å². The Labute approximate surface area is 155 Å². The first-order valence-electron chi connectivity index (χ1n) is 8.74. The van der Waals surface area contributed by atoms with Gasteiger partial charge in [-0.1, -0.05) is 20.8 Å². The summed E-state index contributed by atoms with van der Waals surface area (Å²) in [6.07, 6.45) is 3.19. The smallest absolute Gasteiger partial charge is 0.285 e. The van der Waals surface area contributed by atoms with Crippen molar-refractivity contribution in [2.75, 3.05) is 5.32 Å². The van der Waals surface area contributed by atoms with Crippen LogP contribution in [0.15, 0.2) is 41.5 Å². The SMILES string of the molecule is Cc1cc2ncc(C(=O)Nc3cc4[nH]ccc4cc3C(C)(C)C)c(=O)n2[nH]1. The van der Waals surface area contributed by atoms with Gasteiger partial charge in [0.15, 0.2) is 5.65 Å². The van der Waals surface area contributed by atoms with Crippen LogP contribution in [0.3, 0.4) is 0 Å². The number of rotatable bonds is 2. The van der Waals surface area contributed by atoms with E-state index >= 15 is 0 Å². The molecule has 3 heterocycles. The molecule has 0 aliphatic heterocycles. The number of anilines is 1. The maximum atomic E-state index is 12.9. The molecule has 0 aliphatic carbocycles. The van der Waals surface area contributed by atoms with E-state index in [1.807, 2.05) is 25.3 Å². The van der Waals surface area contributed by atoms with Crippen LogP contribution in [0.5, 0.6) is 0 Å². The molecule has 4 rings (SSSR count).